The highest BCUT2D eigenvalue weighted by Gasteiger charge is 2.30. The Morgan fingerprint density at radius 2 is 1.96 bits per heavy atom. The second kappa shape index (κ2) is 7.71. The first kappa shape index (κ1) is 18.2. The molecule has 9 heteroatoms. The number of nitrogens with one attached hydrogen (secondary N) is 1. The average molecular weight is 391 g/mol. The van der Waals surface area contributed by atoms with Gasteiger partial charge >= 0.3 is 0 Å². The molecule has 2 aromatic heterocycles. The van der Waals surface area contributed by atoms with Gasteiger partial charge in [0.15, 0.2) is 9.84 Å². The van der Waals surface area contributed by atoms with Crippen molar-refractivity contribution in [3.63, 3.8) is 0 Å². The van der Waals surface area contributed by atoms with Gasteiger partial charge in [-0.05, 0) is 35.7 Å². The van der Waals surface area contributed by atoms with E-state index in [1.165, 1.54) is 42.1 Å². The predicted molar refractivity (Wildman–Crippen MR) is 95.0 cm³/mol. The molecule has 0 fully saturated rings. The molecule has 1 atom stereocenters. The quantitative estimate of drug-likeness (QED) is 0.653. The van der Waals surface area contributed by atoms with Gasteiger partial charge < -0.3 is 5.32 Å². The number of carbonyl (C=O) groups excluding carboxylic acids is 1. The topological polar surface area (TPSA) is 89.0 Å². The second-order valence-electron chi connectivity index (χ2n) is 5.30. The Morgan fingerprint density at radius 1 is 1.19 bits per heavy atom. The molecule has 134 valence electrons. The van der Waals surface area contributed by atoms with Crippen molar-refractivity contribution in [2.24, 2.45) is 0 Å². The molecule has 0 saturated carbocycles. The average Bonchev–Trinajstić information content (AvgIpc) is 3.17. The summed E-state index contributed by atoms with van der Waals surface area (Å²) in [6.45, 7) is -0.143. The summed E-state index contributed by atoms with van der Waals surface area (Å²) in [6.07, 6.45) is 4.11. The number of thiophene rings is 1. The minimum Gasteiger partial charge on any atom is -0.349 e. The Morgan fingerprint density at radius 3 is 2.58 bits per heavy atom. The standard InChI is InChI=1S/C17H14FN3O3S2/c18-12-3-5-13(6-4-12)26(23,24)16(15-2-1-9-25-15)11-21-17(22)14-10-19-7-8-20-14/h1-10,16H,11H2,(H,21,22). The van der Waals surface area contributed by atoms with Crippen LogP contribution in [0.2, 0.25) is 0 Å². The lowest BCUT2D eigenvalue weighted by atomic mass is 10.3. The summed E-state index contributed by atoms with van der Waals surface area (Å²) < 4.78 is 39.1. The van der Waals surface area contributed by atoms with E-state index in [4.69, 9.17) is 0 Å². The van der Waals surface area contributed by atoms with Crippen molar-refractivity contribution >= 4 is 27.1 Å². The van der Waals surface area contributed by atoms with Crippen molar-refractivity contribution in [1.29, 1.82) is 0 Å². The Balaban J connectivity index is 1.86. The summed E-state index contributed by atoms with van der Waals surface area (Å²) in [5.74, 6) is -1.04. The summed E-state index contributed by atoms with van der Waals surface area (Å²) >= 11 is 1.27. The van der Waals surface area contributed by atoms with Crippen LogP contribution in [0.25, 0.3) is 0 Å². The van der Waals surface area contributed by atoms with Gasteiger partial charge in [-0.15, -0.1) is 11.3 Å². The number of hydrogen-bond acceptors (Lipinski definition) is 6. The molecule has 26 heavy (non-hydrogen) atoms. The van der Waals surface area contributed by atoms with E-state index in [2.05, 4.69) is 15.3 Å². The molecule has 1 N–H and O–H groups in total. The molecule has 1 amide bonds. The molecule has 3 rings (SSSR count). The summed E-state index contributed by atoms with van der Waals surface area (Å²) in [4.78, 5) is 20.4. The van der Waals surface area contributed by atoms with E-state index in [-0.39, 0.29) is 17.1 Å². The minimum absolute atomic E-state index is 0.00829. The molecule has 0 radical (unpaired) electrons. The monoisotopic (exact) mass is 391 g/mol. The van der Waals surface area contributed by atoms with Gasteiger partial charge in [0.25, 0.3) is 5.91 Å². The van der Waals surface area contributed by atoms with Crippen molar-refractivity contribution in [3.8, 4) is 0 Å². The molecule has 0 aliphatic heterocycles. The molecule has 0 bridgehead atoms. The first-order valence-corrected chi connectivity index (χ1v) is 9.98. The summed E-state index contributed by atoms with van der Waals surface area (Å²) in [7, 11) is -3.83. The van der Waals surface area contributed by atoms with Crippen molar-refractivity contribution in [1.82, 2.24) is 15.3 Å². The zero-order chi connectivity index (χ0) is 18.6. The van der Waals surface area contributed by atoms with Crippen LogP contribution in [0.1, 0.15) is 20.6 Å². The lowest BCUT2D eigenvalue weighted by molar-refractivity contribution is 0.0948. The largest absolute Gasteiger partial charge is 0.349 e. The van der Waals surface area contributed by atoms with Gasteiger partial charge in [-0.2, -0.15) is 0 Å². The Kier molecular flexibility index (Phi) is 5.38. The maximum absolute atomic E-state index is 13.1. The highest BCUT2D eigenvalue weighted by molar-refractivity contribution is 7.91. The number of halogens is 1. The number of carbonyl (C=O) groups is 1. The second-order valence-corrected chi connectivity index (χ2v) is 8.41. The van der Waals surface area contributed by atoms with Gasteiger partial charge in [0.05, 0.1) is 11.1 Å². The zero-order valence-corrected chi connectivity index (χ0v) is 15.0. The van der Waals surface area contributed by atoms with E-state index in [9.17, 15) is 17.6 Å². The molecule has 6 nitrogen and oxygen atoms in total. The molecule has 0 aliphatic rings. The van der Waals surface area contributed by atoms with E-state index in [1.807, 2.05) is 0 Å². The first-order valence-electron chi connectivity index (χ1n) is 7.55. The van der Waals surface area contributed by atoms with Crippen molar-refractivity contribution in [3.05, 3.63) is 76.8 Å². The van der Waals surface area contributed by atoms with E-state index in [1.54, 1.807) is 17.5 Å². The molecule has 2 heterocycles. The number of hydrogen-bond donors (Lipinski definition) is 1. The van der Waals surface area contributed by atoms with Crippen LogP contribution in [0.15, 0.2) is 65.3 Å². The van der Waals surface area contributed by atoms with Gasteiger partial charge in [0, 0.05) is 23.8 Å². The summed E-state index contributed by atoms with van der Waals surface area (Å²) in [5, 5.41) is 3.35. The van der Waals surface area contributed by atoms with Gasteiger partial charge in [0.1, 0.15) is 16.8 Å². The van der Waals surface area contributed by atoms with Gasteiger partial charge in [-0.1, -0.05) is 6.07 Å². The number of amides is 1. The van der Waals surface area contributed by atoms with Crippen LogP contribution in [0.5, 0.6) is 0 Å². The van der Waals surface area contributed by atoms with Gasteiger partial charge in [0.2, 0.25) is 0 Å². The molecule has 0 spiro atoms. The highest BCUT2D eigenvalue weighted by Crippen LogP contribution is 2.31. The van der Waals surface area contributed by atoms with E-state index >= 15 is 0 Å². The summed E-state index contributed by atoms with van der Waals surface area (Å²) in [6, 6.07) is 8.04. The third-order valence-electron chi connectivity index (χ3n) is 3.62. The predicted octanol–water partition coefficient (Wildman–Crippen LogP) is 2.62. The zero-order valence-electron chi connectivity index (χ0n) is 13.4. The molecule has 0 saturated heterocycles. The van der Waals surface area contributed by atoms with Crippen LogP contribution >= 0.6 is 11.3 Å². The van der Waals surface area contributed by atoms with Crippen LogP contribution in [0.4, 0.5) is 4.39 Å². The third-order valence-corrected chi connectivity index (χ3v) is 6.86. The number of nitrogens with zero attached hydrogens (tertiary/aromatic N) is 2. The van der Waals surface area contributed by atoms with E-state index in [0.29, 0.717) is 4.88 Å². The normalized spacial score (nSPS) is 12.5. The molecule has 3 aromatic rings. The molecule has 1 unspecified atom stereocenters. The van der Waals surface area contributed by atoms with E-state index in [0.717, 1.165) is 12.1 Å². The number of aromatic nitrogens is 2. The highest BCUT2D eigenvalue weighted by atomic mass is 32.2. The van der Waals surface area contributed by atoms with Crippen molar-refractivity contribution in [2.45, 2.75) is 10.1 Å². The number of rotatable bonds is 6. The number of benzene rings is 1. The van der Waals surface area contributed by atoms with Crippen molar-refractivity contribution in [2.75, 3.05) is 6.54 Å². The summed E-state index contributed by atoms with van der Waals surface area (Å²) in [5.41, 5.74) is 0.0941. The minimum atomic E-state index is -3.83. The van der Waals surface area contributed by atoms with Crippen LogP contribution in [-0.4, -0.2) is 30.8 Å². The lowest BCUT2D eigenvalue weighted by Gasteiger charge is -2.17. The van der Waals surface area contributed by atoms with Gasteiger partial charge in [-0.25, -0.2) is 17.8 Å². The van der Waals surface area contributed by atoms with Crippen molar-refractivity contribution < 1.29 is 17.6 Å². The fraction of sp³-hybridized carbons (Fsp3) is 0.118. The lowest BCUT2D eigenvalue weighted by Crippen LogP contribution is -2.32. The fourth-order valence-electron chi connectivity index (χ4n) is 2.32. The van der Waals surface area contributed by atoms with Crippen LogP contribution < -0.4 is 5.32 Å². The first-order chi connectivity index (χ1) is 12.5. The Bertz CT molecular complexity index is 976. The van der Waals surface area contributed by atoms with E-state index < -0.39 is 26.8 Å². The molecule has 1 aromatic carbocycles. The maximum atomic E-state index is 13.1. The SMILES string of the molecule is O=C(NCC(c1cccs1)S(=O)(=O)c1ccc(F)cc1)c1cnccn1. The molecular formula is C17H14FN3O3S2. The molecule has 0 aliphatic carbocycles. The fourth-order valence-corrected chi connectivity index (χ4v) is 5.10. The smallest absolute Gasteiger partial charge is 0.271 e. The molecular weight excluding hydrogens is 377 g/mol. The maximum Gasteiger partial charge on any atom is 0.271 e. The third kappa shape index (κ3) is 3.94. The Hall–Kier alpha value is -2.65. The van der Waals surface area contributed by atoms with Gasteiger partial charge in [-0.3, -0.25) is 9.78 Å². The van der Waals surface area contributed by atoms with Crippen LogP contribution in [-0.2, 0) is 9.84 Å². The Labute approximate surface area is 153 Å². The van der Waals surface area contributed by atoms with Crippen LogP contribution in [0, 0.1) is 5.82 Å². The van der Waals surface area contributed by atoms with Crippen LogP contribution in [0.3, 0.4) is 0 Å². The number of sulfone groups is 1.